The Bertz CT molecular complexity index is 1290. The fourth-order valence-corrected chi connectivity index (χ4v) is 4.79. The molecule has 194 valence electrons. The van der Waals surface area contributed by atoms with Gasteiger partial charge in [0.1, 0.15) is 10.6 Å². The molecule has 1 fully saturated rings. The normalized spacial score (nSPS) is 17.1. The lowest BCUT2D eigenvalue weighted by Gasteiger charge is -2.24. The first-order chi connectivity index (χ1) is 17.7. The number of likely N-dealkylation sites (tertiary alicyclic amines) is 1. The van der Waals surface area contributed by atoms with Crippen LogP contribution in [-0.2, 0) is 24.1 Å². The van der Waals surface area contributed by atoms with E-state index in [0.29, 0.717) is 29.9 Å². The van der Waals surface area contributed by atoms with E-state index in [9.17, 15) is 4.79 Å². The van der Waals surface area contributed by atoms with E-state index in [4.69, 9.17) is 16.3 Å². The van der Waals surface area contributed by atoms with Crippen molar-refractivity contribution >= 4 is 40.8 Å². The second-order valence-corrected chi connectivity index (χ2v) is 11.0. The van der Waals surface area contributed by atoms with Gasteiger partial charge in [0.05, 0.1) is 6.20 Å². The third-order valence-electron chi connectivity index (χ3n) is 6.50. The summed E-state index contributed by atoms with van der Waals surface area (Å²) in [7, 11) is 0. The number of benzene rings is 2. The summed E-state index contributed by atoms with van der Waals surface area (Å²) < 4.78 is 5.54. The van der Waals surface area contributed by atoms with E-state index in [-0.39, 0.29) is 12.1 Å². The molecule has 1 amide bonds. The summed E-state index contributed by atoms with van der Waals surface area (Å²) in [6.45, 7) is 7.76. The lowest BCUT2D eigenvalue weighted by Crippen LogP contribution is -2.38. The minimum atomic E-state index is -0.486. The van der Waals surface area contributed by atoms with E-state index >= 15 is 0 Å². The zero-order valence-electron chi connectivity index (χ0n) is 21.5. The predicted molar refractivity (Wildman–Crippen MR) is 147 cm³/mol. The molecule has 0 radical (unpaired) electrons. The highest BCUT2D eigenvalue weighted by Gasteiger charge is 2.29. The quantitative estimate of drug-likeness (QED) is 0.401. The van der Waals surface area contributed by atoms with Crippen LogP contribution in [0.1, 0.15) is 43.9 Å². The number of ether oxygens (including phenoxy) is 1. The average molecular weight is 521 g/mol. The van der Waals surface area contributed by atoms with Gasteiger partial charge in [0.25, 0.3) is 0 Å². The molecule has 0 unspecified atom stereocenters. The van der Waals surface area contributed by atoms with Crippen molar-refractivity contribution in [3.63, 3.8) is 0 Å². The minimum absolute atomic E-state index is 0.230. The van der Waals surface area contributed by atoms with Crippen molar-refractivity contribution in [3.05, 3.63) is 70.4 Å². The molecule has 3 aromatic rings. The maximum absolute atomic E-state index is 12.4. The minimum Gasteiger partial charge on any atom is -0.444 e. The zero-order valence-corrected chi connectivity index (χ0v) is 22.2. The maximum atomic E-state index is 12.4. The summed E-state index contributed by atoms with van der Waals surface area (Å²) in [6.07, 6.45) is 4.06. The Morgan fingerprint density at radius 3 is 2.84 bits per heavy atom. The second kappa shape index (κ2) is 10.6. The molecule has 2 aliphatic rings. The fraction of sp³-hybridized carbons (Fsp3) is 0.393. The summed E-state index contributed by atoms with van der Waals surface area (Å²) in [4.78, 5) is 23.1. The number of carbonyl (C=O) groups is 1. The highest BCUT2D eigenvalue weighted by atomic mass is 35.5. The number of aromatic nitrogens is 2. The van der Waals surface area contributed by atoms with Crippen LogP contribution in [0.4, 0.5) is 27.9 Å². The van der Waals surface area contributed by atoms with Gasteiger partial charge < -0.3 is 25.6 Å². The smallest absolute Gasteiger partial charge is 0.410 e. The largest absolute Gasteiger partial charge is 0.444 e. The first kappa shape index (κ1) is 25.3. The number of carbonyl (C=O) groups excluding carboxylic acids is 1. The molecule has 1 atom stereocenters. The fourth-order valence-electron chi connectivity index (χ4n) is 4.65. The van der Waals surface area contributed by atoms with E-state index in [1.165, 1.54) is 16.7 Å². The predicted octanol–water partition coefficient (Wildman–Crippen LogP) is 5.81. The molecule has 9 heteroatoms. The summed E-state index contributed by atoms with van der Waals surface area (Å²) in [5.41, 5.74) is 5.10. The molecule has 0 aliphatic carbocycles. The Labute approximate surface area is 222 Å². The van der Waals surface area contributed by atoms with Crippen molar-refractivity contribution in [3.8, 4) is 0 Å². The van der Waals surface area contributed by atoms with Crippen LogP contribution in [0.2, 0.25) is 5.02 Å². The molecule has 6 bridgehead atoms. The third-order valence-corrected chi connectivity index (χ3v) is 6.78. The van der Waals surface area contributed by atoms with Gasteiger partial charge in [-0.2, -0.15) is 4.98 Å². The molecule has 0 spiro atoms. The number of amides is 1. The zero-order chi connectivity index (χ0) is 26.0. The van der Waals surface area contributed by atoms with Crippen LogP contribution in [0.15, 0.2) is 48.7 Å². The number of hydrogen-bond acceptors (Lipinski definition) is 7. The molecular weight excluding hydrogens is 488 g/mol. The first-order valence-corrected chi connectivity index (χ1v) is 13.1. The van der Waals surface area contributed by atoms with Gasteiger partial charge in [-0.1, -0.05) is 29.8 Å². The van der Waals surface area contributed by atoms with Crippen molar-refractivity contribution in [1.29, 1.82) is 0 Å². The number of rotatable bonds is 3. The molecule has 2 aromatic carbocycles. The van der Waals surface area contributed by atoms with Gasteiger partial charge in [-0.3, -0.25) is 0 Å². The van der Waals surface area contributed by atoms with Gasteiger partial charge in [-0.05, 0) is 81.0 Å². The Hall–Kier alpha value is -3.36. The second-order valence-electron chi connectivity index (χ2n) is 10.6. The van der Waals surface area contributed by atoms with Crippen molar-refractivity contribution in [2.24, 2.45) is 0 Å². The van der Waals surface area contributed by atoms with Crippen LogP contribution in [0.3, 0.4) is 0 Å². The van der Waals surface area contributed by atoms with Crippen molar-refractivity contribution in [2.45, 2.75) is 58.2 Å². The lowest BCUT2D eigenvalue weighted by molar-refractivity contribution is 0.0291. The van der Waals surface area contributed by atoms with E-state index < -0.39 is 5.60 Å². The molecule has 1 aromatic heterocycles. The van der Waals surface area contributed by atoms with Crippen molar-refractivity contribution in [2.75, 3.05) is 23.7 Å². The third kappa shape index (κ3) is 6.50. The monoisotopic (exact) mass is 520 g/mol. The number of anilines is 4. The molecule has 3 heterocycles. The molecule has 5 rings (SSSR count). The van der Waals surface area contributed by atoms with Crippen LogP contribution in [0.25, 0.3) is 0 Å². The Balaban J connectivity index is 1.33. The average Bonchev–Trinajstić information content (AvgIpc) is 3.32. The molecule has 2 aliphatic heterocycles. The molecule has 0 saturated carbocycles. The van der Waals surface area contributed by atoms with Crippen LogP contribution in [0.5, 0.6) is 0 Å². The van der Waals surface area contributed by atoms with Gasteiger partial charge in [0.2, 0.25) is 5.95 Å². The van der Waals surface area contributed by atoms with Gasteiger partial charge in [-0.15, -0.1) is 0 Å². The topological polar surface area (TPSA) is 91.4 Å². The SMILES string of the molecule is CC(C)(C)OC(=O)N1CC[C@H](NCc2ccc3cc2CCc2cccc(c2)Nc2ncc(Cl)c(n2)N3)C1. The van der Waals surface area contributed by atoms with Gasteiger partial charge in [-0.25, -0.2) is 9.78 Å². The number of nitrogens with zero attached hydrogens (tertiary/aromatic N) is 3. The Morgan fingerprint density at radius 2 is 2.00 bits per heavy atom. The van der Waals surface area contributed by atoms with Gasteiger partial charge >= 0.3 is 6.09 Å². The standard InChI is InChI=1S/C28H33ClN6O2/c1-28(2,3)37-27(36)35-12-11-23(17-35)30-15-20-9-10-22-14-19(20)8-7-18-5-4-6-21(13-18)33-26-31-16-24(29)25(32-22)34-26/h4-6,9-10,13-14,16,23,30H,7-8,11-12,15,17H2,1-3H3,(H2,31,32,33,34)/t23-/m0/s1. The number of hydrogen-bond donors (Lipinski definition) is 3. The summed E-state index contributed by atoms with van der Waals surface area (Å²) in [5.74, 6) is 1.04. The molecule has 3 N–H and O–H groups in total. The van der Waals surface area contributed by atoms with Gasteiger partial charge in [0, 0.05) is 37.1 Å². The summed E-state index contributed by atoms with van der Waals surface area (Å²) in [5, 5.41) is 10.7. The Kier molecular flexibility index (Phi) is 7.22. The highest BCUT2D eigenvalue weighted by Crippen LogP contribution is 2.28. The van der Waals surface area contributed by atoms with Crippen LogP contribution in [-0.4, -0.2) is 45.7 Å². The van der Waals surface area contributed by atoms with E-state index in [2.05, 4.69) is 50.2 Å². The van der Waals surface area contributed by atoms with Crippen molar-refractivity contribution in [1.82, 2.24) is 20.2 Å². The number of aryl methyl sites for hydroxylation is 2. The highest BCUT2D eigenvalue weighted by molar-refractivity contribution is 6.32. The van der Waals surface area contributed by atoms with Crippen LogP contribution >= 0.6 is 11.6 Å². The van der Waals surface area contributed by atoms with E-state index in [1.54, 1.807) is 11.1 Å². The van der Waals surface area contributed by atoms with E-state index in [1.807, 2.05) is 39.0 Å². The molecule has 1 saturated heterocycles. The molecule has 37 heavy (non-hydrogen) atoms. The Morgan fingerprint density at radius 1 is 1.16 bits per heavy atom. The van der Waals surface area contributed by atoms with E-state index in [0.717, 1.165) is 37.2 Å². The number of nitrogens with one attached hydrogen (secondary N) is 3. The summed E-state index contributed by atoms with van der Waals surface area (Å²) >= 11 is 6.39. The molecular formula is C28H33ClN6O2. The summed E-state index contributed by atoms with van der Waals surface area (Å²) in [6, 6.07) is 14.9. The number of halogens is 1. The van der Waals surface area contributed by atoms with Crippen LogP contribution < -0.4 is 16.0 Å². The molecule has 8 nitrogen and oxygen atoms in total. The van der Waals surface area contributed by atoms with Crippen LogP contribution in [0, 0.1) is 0 Å². The first-order valence-electron chi connectivity index (χ1n) is 12.7. The maximum Gasteiger partial charge on any atom is 0.410 e. The lowest BCUT2D eigenvalue weighted by atomic mass is 9.98. The van der Waals surface area contributed by atoms with Crippen molar-refractivity contribution < 1.29 is 9.53 Å². The van der Waals surface area contributed by atoms with Gasteiger partial charge in [0.15, 0.2) is 5.82 Å². The number of fused-ring (bicyclic) bond motifs is 6.